The van der Waals surface area contributed by atoms with Crippen molar-refractivity contribution >= 4 is 0 Å². The molecule has 1 aliphatic carbocycles. The molecule has 1 saturated carbocycles. The molecule has 2 rings (SSSR count). The Morgan fingerprint density at radius 2 is 2.54 bits per heavy atom. The van der Waals surface area contributed by atoms with Crippen LogP contribution in [0.3, 0.4) is 0 Å². The Morgan fingerprint density at radius 3 is 3.15 bits per heavy atom. The predicted molar refractivity (Wildman–Crippen MR) is 49.2 cm³/mol. The van der Waals surface area contributed by atoms with Gasteiger partial charge in [-0.3, -0.25) is 0 Å². The summed E-state index contributed by atoms with van der Waals surface area (Å²) in [5, 5.41) is 3.41. The lowest BCUT2D eigenvalue weighted by Gasteiger charge is -2.34. The third-order valence-electron chi connectivity index (χ3n) is 2.54. The molecule has 1 fully saturated rings. The van der Waals surface area contributed by atoms with Crippen LogP contribution < -0.4 is 5.32 Å². The van der Waals surface area contributed by atoms with E-state index in [1.54, 1.807) is 13.3 Å². The summed E-state index contributed by atoms with van der Waals surface area (Å²) in [7, 11) is 1.77. The molecular weight excluding hydrogens is 166 g/mol. The van der Waals surface area contributed by atoms with Crippen molar-refractivity contribution in [3.05, 3.63) is 18.2 Å². The summed E-state index contributed by atoms with van der Waals surface area (Å²) in [5.41, 5.74) is 0. The zero-order valence-electron chi connectivity index (χ0n) is 7.79. The standard InChI is InChI=1S/C9H15N3O/c1-13-8-4-7(5-8)12-6-9-10-2-3-11-9/h2-3,7-8,12H,4-6H2,1H3,(H,10,11). The van der Waals surface area contributed by atoms with Crippen LogP contribution in [0.4, 0.5) is 0 Å². The number of hydrogen-bond donors (Lipinski definition) is 2. The molecule has 0 aromatic carbocycles. The smallest absolute Gasteiger partial charge is 0.120 e. The highest BCUT2D eigenvalue weighted by Crippen LogP contribution is 2.22. The minimum Gasteiger partial charge on any atom is -0.381 e. The van der Waals surface area contributed by atoms with E-state index in [0.717, 1.165) is 25.2 Å². The number of aromatic amines is 1. The monoisotopic (exact) mass is 181 g/mol. The topological polar surface area (TPSA) is 49.9 Å². The molecular formula is C9H15N3O. The van der Waals surface area contributed by atoms with Gasteiger partial charge in [0.05, 0.1) is 12.6 Å². The molecule has 1 heterocycles. The van der Waals surface area contributed by atoms with Crippen molar-refractivity contribution in [2.75, 3.05) is 7.11 Å². The summed E-state index contributed by atoms with van der Waals surface area (Å²) in [6.45, 7) is 0.827. The first-order chi connectivity index (χ1) is 6.38. The van der Waals surface area contributed by atoms with Crippen molar-refractivity contribution in [2.24, 2.45) is 0 Å². The molecule has 1 aromatic rings. The van der Waals surface area contributed by atoms with Crippen LogP contribution in [0.5, 0.6) is 0 Å². The van der Waals surface area contributed by atoms with Gasteiger partial charge < -0.3 is 15.0 Å². The Hall–Kier alpha value is -0.870. The Morgan fingerprint density at radius 1 is 1.69 bits per heavy atom. The number of aromatic nitrogens is 2. The van der Waals surface area contributed by atoms with Gasteiger partial charge in [-0.05, 0) is 12.8 Å². The van der Waals surface area contributed by atoms with E-state index in [1.807, 2.05) is 6.20 Å². The first kappa shape index (κ1) is 8.72. The Balaban J connectivity index is 1.65. The van der Waals surface area contributed by atoms with Crippen LogP contribution in [-0.4, -0.2) is 29.2 Å². The van der Waals surface area contributed by atoms with Gasteiger partial charge in [0.1, 0.15) is 5.82 Å². The Bertz CT molecular complexity index is 241. The summed E-state index contributed by atoms with van der Waals surface area (Å²) in [6.07, 6.45) is 6.33. The number of ether oxygens (including phenoxy) is 1. The summed E-state index contributed by atoms with van der Waals surface area (Å²) in [5.74, 6) is 1.00. The van der Waals surface area contributed by atoms with Gasteiger partial charge in [0.2, 0.25) is 0 Å². The molecule has 2 N–H and O–H groups in total. The van der Waals surface area contributed by atoms with Gasteiger partial charge in [0.15, 0.2) is 0 Å². The number of imidazole rings is 1. The van der Waals surface area contributed by atoms with Gasteiger partial charge >= 0.3 is 0 Å². The average Bonchev–Trinajstić information content (AvgIpc) is 2.54. The van der Waals surface area contributed by atoms with Gasteiger partial charge in [-0.25, -0.2) is 4.98 Å². The minimum absolute atomic E-state index is 0.467. The lowest BCUT2D eigenvalue weighted by atomic mass is 9.89. The van der Waals surface area contributed by atoms with Crippen molar-refractivity contribution < 1.29 is 4.74 Å². The molecule has 0 bridgehead atoms. The minimum atomic E-state index is 0.467. The number of rotatable bonds is 4. The lowest BCUT2D eigenvalue weighted by Crippen LogP contribution is -2.44. The zero-order chi connectivity index (χ0) is 9.10. The molecule has 13 heavy (non-hydrogen) atoms. The van der Waals surface area contributed by atoms with Crippen LogP contribution in [0.1, 0.15) is 18.7 Å². The molecule has 0 atom stereocenters. The number of H-pyrrole nitrogens is 1. The maximum absolute atomic E-state index is 5.19. The van der Waals surface area contributed by atoms with Crippen molar-refractivity contribution in [3.63, 3.8) is 0 Å². The molecule has 0 radical (unpaired) electrons. The fraction of sp³-hybridized carbons (Fsp3) is 0.667. The molecule has 4 nitrogen and oxygen atoms in total. The maximum Gasteiger partial charge on any atom is 0.120 e. The molecule has 72 valence electrons. The molecule has 0 unspecified atom stereocenters. The third kappa shape index (κ3) is 2.08. The molecule has 0 spiro atoms. The van der Waals surface area contributed by atoms with Crippen molar-refractivity contribution in [1.29, 1.82) is 0 Å². The van der Waals surface area contributed by atoms with Gasteiger partial charge in [-0.2, -0.15) is 0 Å². The number of hydrogen-bond acceptors (Lipinski definition) is 3. The van der Waals surface area contributed by atoms with Gasteiger partial charge in [0, 0.05) is 25.5 Å². The zero-order valence-corrected chi connectivity index (χ0v) is 7.79. The molecule has 0 aliphatic heterocycles. The second-order valence-electron chi connectivity index (χ2n) is 3.44. The van der Waals surface area contributed by atoms with E-state index in [4.69, 9.17) is 4.74 Å². The third-order valence-corrected chi connectivity index (χ3v) is 2.54. The van der Waals surface area contributed by atoms with Gasteiger partial charge in [0.25, 0.3) is 0 Å². The fourth-order valence-electron chi connectivity index (χ4n) is 1.56. The van der Waals surface area contributed by atoms with E-state index in [-0.39, 0.29) is 0 Å². The first-order valence-corrected chi connectivity index (χ1v) is 4.63. The molecule has 0 amide bonds. The highest BCUT2D eigenvalue weighted by atomic mass is 16.5. The second-order valence-corrected chi connectivity index (χ2v) is 3.44. The molecule has 1 aliphatic rings. The van der Waals surface area contributed by atoms with E-state index >= 15 is 0 Å². The SMILES string of the molecule is COC1CC(NCc2ncc[nH]2)C1. The number of nitrogens with one attached hydrogen (secondary N) is 2. The number of methoxy groups -OCH3 is 1. The summed E-state index contributed by atoms with van der Waals surface area (Å²) in [6, 6.07) is 0.607. The fourth-order valence-corrected chi connectivity index (χ4v) is 1.56. The van der Waals surface area contributed by atoms with Crippen LogP contribution >= 0.6 is 0 Å². The molecule has 4 heteroatoms. The summed E-state index contributed by atoms with van der Waals surface area (Å²) < 4.78 is 5.19. The van der Waals surface area contributed by atoms with Crippen LogP contribution in [0.25, 0.3) is 0 Å². The van der Waals surface area contributed by atoms with Crippen LogP contribution in [-0.2, 0) is 11.3 Å². The van der Waals surface area contributed by atoms with Crippen LogP contribution in [0, 0.1) is 0 Å². The predicted octanol–water partition coefficient (Wildman–Crippen LogP) is 0.677. The number of nitrogens with zero attached hydrogens (tertiary/aromatic N) is 1. The summed E-state index contributed by atoms with van der Waals surface area (Å²) in [4.78, 5) is 7.20. The Labute approximate surface area is 77.7 Å². The van der Waals surface area contributed by atoms with E-state index in [0.29, 0.717) is 12.1 Å². The van der Waals surface area contributed by atoms with E-state index < -0.39 is 0 Å². The van der Waals surface area contributed by atoms with Crippen molar-refractivity contribution in [3.8, 4) is 0 Å². The maximum atomic E-state index is 5.19. The highest BCUT2D eigenvalue weighted by molar-refractivity contribution is 4.90. The average molecular weight is 181 g/mol. The molecule has 0 saturated heterocycles. The molecule has 1 aromatic heterocycles. The normalized spacial score (nSPS) is 27.2. The van der Waals surface area contributed by atoms with Crippen molar-refractivity contribution in [1.82, 2.24) is 15.3 Å². The van der Waals surface area contributed by atoms with Gasteiger partial charge in [-0.15, -0.1) is 0 Å². The first-order valence-electron chi connectivity index (χ1n) is 4.63. The lowest BCUT2D eigenvalue weighted by molar-refractivity contribution is 0.0168. The van der Waals surface area contributed by atoms with E-state index in [1.165, 1.54) is 0 Å². The van der Waals surface area contributed by atoms with Crippen LogP contribution in [0.15, 0.2) is 12.4 Å². The van der Waals surface area contributed by atoms with Gasteiger partial charge in [-0.1, -0.05) is 0 Å². The van der Waals surface area contributed by atoms with Crippen LogP contribution in [0.2, 0.25) is 0 Å². The van der Waals surface area contributed by atoms with E-state index in [2.05, 4.69) is 15.3 Å². The van der Waals surface area contributed by atoms with E-state index in [9.17, 15) is 0 Å². The quantitative estimate of drug-likeness (QED) is 0.718. The highest BCUT2D eigenvalue weighted by Gasteiger charge is 2.28. The van der Waals surface area contributed by atoms with Crippen molar-refractivity contribution in [2.45, 2.75) is 31.5 Å². The Kier molecular flexibility index (Phi) is 2.61. The largest absolute Gasteiger partial charge is 0.381 e. The summed E-state index contributed by atoms with van der Waals surface area (Å²) >= 11 is 0. The second kappa shape index (κ2) is 3.89.